The molecule has 2 aromatic carbocycles. The molecule has 0 aliphatic carbocycles. The number of nitrogen functional groups attached to an aromatic ring is 1. The van der Waals surface area contributed by atoms with Crippen LogP contribution in [0.2, 0.25) is 0 Å². The van der Waals surface area contributed by atoms with Gasteiger partial charge in [0.2, 0.25) is 17.7 Å². The van der Waals surface area contributed by atoms with Gasteiger partial charge in [0.25, 0.3) is 5.91 Å². The Balaban J connectivity index is 0.802. The van der Waals surface area contributed by atoms with Gasteiger partial charge >= 0.3 is 6.03 Å². The van der Waals surface area contributed by atoms with Gasteiger partial charge < -0.3 is 30.4 Å². The minimum Gasteiger partial charge on any atom is -0.383 e. The molecule has 62 heavy (non-hydrogen) atoms. The molecule has 6 heterocycles. The Kier molecular flexibility index (Phi) is 11.5. The van der Waals surface area contributed by atoms with E-state index < -0.39 is 18.0 Å². The second-order valence-electron chi connectivity index (χ2n) is 16.5. The monoisotopic (exact) mass is 841 g/mol. The van der Waals surface area contributed by atoms with E-state index >= 15 is 0 Å². The summed E-state index contributed by atoms with van der Waals surface area (Å²) in [6, 6.07) is 13.1. The summed E-state index contributed by atoms with van der Waals surface area (Å²) in [5, 5.41) is 24.1. The molecule has 6 aromatic rings. The van der Waals surface area contributed by atoms with Gasteiger partial charge in [0.15, 0.2) is 5.82 Å². The average molecular weight is 842 g/mol. The summed E-state index contributed by atoms with van der Waals surface area (Å²) in [7, 11) is 0. The Labute approximate surface area is 355 Å². The highest BCUT2D eigenvalue weighted by atomic mass is 16.5. The SMILES string of the molecule is CC(C)(C)c1cc(NC(=O)Nc2ccc(-c3cn(CCCc4cn(CCCCC(=O)Nc5cccc6c5CN(C5CCC(=O)NC5=O)C6=O)nn4)c4ncnc(N)c34)cc2)no1. The number of rotatable bonds is 14. The standard InChI is InChI=1S/C43H47N13O6/c1-43(2,3)33-20-34(52-62-33)49-42(61)47-26-14-12-25(13-15-26)29-22-54(39-37(29)38(44)45-24-46-39)18-7-8-27-21-55(53-51-27)19-5-4-11-35(57)48-31-10-6-9-28-30(31)23-56(41(28)60)32-16-17-36(58)50-40(32)59/h6,9-10,12-15,20-22,24,32H,4-5,7-8,11,16-19,23H2,1-3H3,(H,48,57)(H2,44,45,46)(H,50,58,59)(H2,47,49,52,61). The third-order valence-electron chi connectivity index (χ3n) is 10.9. The molecule has 1 atom stereocenters. The summed E-state index contributed by atoms with van der Waals surface area (Å²) in [4.78, 5) is 73.0. The number of imide groups is 1. The highest BCUT2D eigenvalue weighted by molar-refractivity contribution is 6.07. The number of carbonyl (C=O) groups excluding carboxylic acids is 5. The molecule has 0 saturated carbocycles. The van der Waals surface area contributed by atoms with E-state index in [0.29, 0.717) is 77.9 Å². The molecular formula is C43H47N13O6. The zero-order chi connectivity index (χ0) is 43.5. The van der Waals surface area contributed by atoms with Gasteiger partial charge in [-0.3, -0.25) is 34.5 Å². The molecule has 19 nitrogen and oxygen atoms in total. The van der Waals surface area contributed by atoms with Gasteiger partial charge in [-0.1, -0.05) is 49.3 Å². The zero-order valence-corrected chi connectivity index (χ0v) is 34.6. The molecule has 1 unspecified atom stereocenters. The maximum Gasteiger partial charge on any atom is 0.324 e. The lowest BCUT2D eigenvalue weighted by Gasteiger charge is -2.29. The van der Waals surface area contributed by atoms with Crippen molar-refractivity contribution in [2.45, 2.75) is 96.8 Å². The number of aryl methyl sites for hydroxylation is 3. The van der Waals surface area contributed by atoms with E-state index in [2.05, 4.69) is 51.3 Å². The number of unbranched alkanes of at least 4 members (excludes halogenated alkanes) is 1. The van der Waals surface area contributed by atoms with Crippen molar-refractivity contribution >= 4 is 63.7 Å². The van der Waals surface area contributed by atoms with Gasteiger partial charge in [0, 0.05) is 84.4 Å². The quantitative estimate of drug-likeness (QED) is 0.0683. The summed E-state index contributed by atoms with van der Waals surface area (Å²) < 4.78 is 9.18. The van der Waals surface area contributed by atoms with Crippen LogP contribution in [-0.2, 0) is 45.9 Å². The molecule has 0 spiro atoms. The molecule has 4 aromatic heterocycles. The van der Waals surface area contributed by atoms with Crippen molar-refractivity contribution in [3.63, 3.8) is 0 Å². The first-order valence-electron chi connectivity index (χ1n) is 20.5. The smallest absolute Gasteiger partial charge is 0.324 e. The lowest BCUT2D eigenvalue weighted by atomic mass is 9.93. The van der Waals surface area contributed by atoms with Crippen molar-refractivity contribution in [3.8, 4) is 11.1 Å². The number of benzene rings is 2. The third-order valence-corrected chi connectivity index (χ3v) is 10.9. The van der Waals surface area contributed by atoms with Crippen LogP contribution in [0.5, 0.6) is 0 Å². The Hall–Kier alpha value is -7.44. The van der Waals surface area contributed by atoms with E-state index in [4.69, 9.17) is 10.3 Å². The Bertz CT molecular complexity index is 2680. The largest absolute Gasteiger partial charge is 0.383 e. The Morgan fingerprint density at radius 3 is 2.55 bits per heavy atom. The van der Waals surface area contributed by atoms with Crippen LogP contribution >= 0.6 is 0 Å². The number of fused-ring (bicyclic) bond motifs is 2. The first kappa shape index (κ1) is 41.3. The van der Waals surface area contributed by atoms with Crippen molar-refractivity contribution in [2.24, 2.45) is 0 Å². The summed E-state index contributed by atoms with van der Waals surface area (Å²) >= 11 is 0. The van der Waals surface area contributed by atoms with Crippen molar-refractivity contribution in [1.82, 2.24) is 44.9 Å². The van der Waals surface area contributed by atoms with E-state index in [1.807, 2.05) is 45.3 Å². The van der Waals surface area contributed by atoms with Gasteiger partial charge in [-0.15, -0.1) is 5.10 Å². The summed E-state index contributed by atoms with van der Waals surface area (Å²) in [5.41, 5.74) is 11.7. The zero-order valence-electron chi connectivity index (χ0n) is 34.6. The van der Waals surface area contributed by atoms with Gasteiger partial charge in [0.05, 0.1) is 11.1 Å². The first-order valence-corrected chi connectivity index (χ1v) is 20.5. The fourth-order valence-corrected chi connectivity index (χ4v) is 7.70. The van der Waals surface area contributed by atoms with E-state index in [0.717, 1.165) is 28.6 Å². The number of hydrogen-bond acceptors (Lipinski definition) is 12. The number of piperidine rings is 1. The number of urea groups is 1. The van der Waals surface area contributed by atoms with Crippen LogP contribution < -0.4 is 27.0 Å². The highest BCUT2D eigenvalue weighted by Gasteiger charge is 2.40. The van der Waals surface area contributed by atoms with Crippen LogP contribution in [0.4, 0.5) is 27.8 Å². The van der Waals surface area contributed by atoms with Crippen molar-refractivity contribution in [1.29, 1.82) is 0 Å². The summed E-state index contributed by atoms with van der Waals surface area (Å²) in [6.07, 6.45) is 8.85. The maximum absolute atomic E-state index is 13.1. The number of carbonyl (C=O) groups is 5. The minimum absolute atomic E-state index is 0.171. The molecule has 2 aliphatic heterocycles. The number of aromatic nitrogens is 7. The minimum atomic E-state index is -0.726. The second-order valence-corrected chi connectivity index (χ2v) is 16.5. The van der Waals surface area contributed by atoms with Crippen LogP contribution in [0.25, 0.3) is 22.2 Å². The molecule has 6 amide bonds. The fraction of sp³-hybridized carbons (Fsp3) is 0.349. The normalized spacial score (nSPS) is 15.2. The van der Waals surface area contributed by atoms with E-state index in [1.54, 1.807) is 41.1 Å². The second kappa shape index (κ2) is 17.3. The van der Waals surface area contributed by atoms with Crippen LogP contribution in [0.1, 0.15) is 86.7 Å². The van der Waals surface area contributed by atoms with Crippen LogP contribution in [0.3, 0.4) is 0 Å². The number of hydrogen-bond donors (Lipinski definition) is 5. The average Bonchev–Trinajstić information content (AvgIpc) is 4.04. The molecule has 0 radical (unpaired) electrons. The predicted molar refractivity (Wildman–Crippen MR) is 229 cm³/mol. The number of anilines is 4. The molecule has 1 saturated heterocycles. The first-order chi connectivity index (χ1) is 29.8. The number of nitrogens with zero attached hydrogens (tertiary/aromatic N) is 8. The summed E-state index contributed by atoms with van der Waals surface area (Å²) in [5.74, 6) is 0.0678. The highest BCUT2D eigenvalue weighted by Crippen LogP contribution is 2.35. The fourth-order valence-electron chi connectivity index (χ4n) is 7.70. The van der Waals surface area contributed by atoms with Crippen LogP contribution in [0.15, 0.2) is 71.8 Å². The third kappa shape index (κ3) is 9.01. The van der Waals surface area contributed by atoms with Crippen molar-refractivity contribution in [3.05, 3.63) is 89.8 Å². The molecule has 8 rings (SSSR count). The number of nitrogens with one attached hydrogen (secondary N) is 4. The molecule has 1 fully saturated rings. The molecule has 19 heteroatoms. The van der Waals surface area contributed by atoms with Crippen LogP contribution in [-0.4, -0.2) is 75.3 Å². The predicted octanol–water partition coefficient (Wildman–Crippen LogP) is 5.40. The topological polar surface area (TPSA) is 250 Å². The molecular weight excluding hydrogens is 795 g/mol. The Morgan fingerprint density at radius 1 is 0.952 bits per heavy atom. The number of amides is 6. The van der Waals surface area contributed by atoms with Gasteiger partial charge in [-0.25, -0.2) is 14.8 Å². The molecule has 320 valence electrons. The van der Waals surface area contributed by atoms with E-state index in [9.17, 15) is 24.0 Å². The lowest BCUT2D eigenvalue weighted by Crippen LogP contribution is -2.52. The van der Waals surface area contributed by atoms with E-state index in [-0.39, 0.29) is 48.9 Å². The molecule has 0 bridgehead atoms. The molecule has 6 N–H and O–H groups in total. The van der Waals surface area contributed by atoms with Gasteiger partial charge in [0.1, 0.15) is 29.6 Å². The Morgan fingerprint density at radius 2 is 1.77 bits per heavy atom. The van der Waals surface area contributed by atoms with Gasteiger partial charge in [-0.05, 0) is 61.9 Å². The van der Waals surface area contributed by atoms with Gasteiger partial charge in [-0.2, -0.15) is 0 Å². The van der Waals surface area contributed by atoms with Crippen molar-refractivity contribution in [2.75, 3.05) is 21.7 Å². The lowest BCUT2D eigenvalue weighted by molar-refractivity contribution is -0.137. The van der Waals surface area contributed by atoms with E-state index in [1.165, 1.54) is 11.2 Å². The van der Waals surface area contributed by atoms with Crippen LogP contribution in [0, 0.1) is 0 Å². The van der Waals surface area contributed by atoms with Crippen molar-refractivity contribution < 1.29 is 28.5 Å². The number of nitrogens with two attached hydrogens (primary N) is 1. The maximum atomic E-state index is 13.1. The molecule has 2 aliphatic rings. The summed E-state index contributed by atoms with van der Waals surface area (Å²) in [6.45, 7) is 7.41.